The monoisotopic (exact) mass is 282 g/mol. The third-order valence-corrected chi connectivity index (χ3v) is 5.21. The molecule has 4 nitrogen and oxygen atoms in total. The smallest absolute Gasteiger partial charge is 0.199 e. The Balaban J connectivity index is 1.82. The van der Waals surface area contributed by atoms with Gasteiger partial charge in [0.2, 0.25) is 0 Å². The van der Waals surface area contributed by atoms with E-state index in [4.69, 9.17) is 0 Å². The zero-order chi connectivity index (χ0) is 13.7. The molecule has 1 saturated heterocycles. The van der Waals surface area contributed by atoms with Crippen LogP contribution in [-0.2, 0) is 16.6 Å². The summed E-state index contributed by atoms with van der Waals surface area (Å²) in [6.45, 7) is 3.23. The van der Waals surface area contributed by atoms with Crippen molar-refractivity contribution >= 4 is 10.2 Å². The van der Waals surface area contributed by atoms with E-state index in [1.807, 2.05) is 25.1 Å². The van der Waals surface area contributed by atoms with E-state index in [0.29, 0.717) is 13.1 Å². The van der Waals surface area contributed by atoms with Gasteiger partial charge in [0.05, 0.1) is 0 Å². The Bertz CT molecular complexity index is 481. The lowest BCUT2D eigenvalue weighted by Gasteiger charge is -2.20. The van der Waals surface area contributed by atoms with Crippen LogP contribution in [0, 0.1) is 0 Å². The average molecular weight is 282 g/mol. The van der Waals surface area contributed by atoms with Gasteiger partial charge in [0, 0.05) is 19.1 Å². The molecule has 1 aliphatic heterocycles. The summed E-state index contributed by atoms with van der Waals surface area (Å²) in [4.78, 5) is 0. The van der Waals surface area contributed by atoms with E-state index in [1.165, 1.54) is 5.56 Å². The highest BCUT2D eigenvalue weighted by atomic mass is 32.2. The molecular weight excluding hydrogens is 260 g/mol. The van der Waals surface area contributed by atoms with Gasteiger partial charge in [0.1, 0.15) is 0 Å². The van der Waals surface area contributed by atoms with E-state index >= 15 is 0 Å². The van der Waals surface area contributed by atoms with Crippen LogP contribution in [0.25, 0.3) is 0 Å². The number of hydrogen-bond donors (Lipinski definition) is 1. The van der Waals surface area contributed by atoms with E-state index in [0.717, 1.165) is 25.7 Å². The van der Waals surface area contributed by atoms with Gasteiger partial charge in [-0.05, 0) is 38.2 Å². The molecule has 0 radical (unpaired) electrons. The van der Waals surface area contributed by atoms with E-state index in [9.17, 15) is 8.42 Å². The van der Waals surface area contributed by atoms with Crippen molar-refractivity contribution in [1.29, 1.82) is 0 Å². The van der Waals surface area contributed by atoms with Crippen LogP contribution in [0.5, 0.6) is 0 Å². The van der Waals surface area contributed by atoms with Crippen LogP contribution in [0.4, 0.5) is 0 Å². The van der Waals surface area contributed by atoms with E-state index in [-0.39, 0.29) is 6.04 Å². The van der Waals surface area contributed by atoms with Crippen molar-refractivity contribution in [2.75, 3.05) is 13.1 Å². The molecule has 106 valence electrons. The Hall–Kier alpha value is -0.910. The average Bonchev–Trinajstić information content (AvgIpc) is 2.92. The van der Waals surface area contributed by atoms with Gasteiger partial charge in [0.15, 0.2) is 0 Å². The maximum Gasteiger partial charge on any atom is 0.279 e. The molecule has 19 heavy (non-hydrogen) atoms. The first-order valence-corrected chi connectivity index (χ1v) is 8.33. The van der Waals surface area contributed by atoms with Crippen LogP contribution in [0.2, 0.25) is 0 Å². The second kappa shape index (κ2) is 6.50. The summed E-state index contributed by atoms with van der Waals surface area (Å²) in [5.41, 5.74) is 1.25. The predicted molar refractivity (Wildman–Crippen MR) is 77.1 cm³/mol. The van der Waals surface area contributed by atoms with Crippen molar-refractivity contribution in [3.63, 3.8) is 0 Å². The molecule has 1 N–H and O–H groups in total. The van der Waals surface area contributed by atoms with Crippen molar-refractivity contribution in [3.05, 3.63) is 35.9 Å². The van der Waals surface area contributed by atoms with Crippen LogP contribution in [0.1, 0.15) is 31.7 Å². The summed E-state index contributed by atoms with van der Waals surface area (Å²) >= 11 is 0. The zero-order valence-corrected chi connectivity index (χ0v) is 12.2. The first-order valence-electron chi connectivity index (χ1n) is 6.89. The highest BCUT2D eigenvalue weighted by Gasteiger charge is 2.26. The predicted octanol–water partition coefficient (Wildman–Crippen LogP) is 1.94. The van der Waals surface area contributed by atoms with Crippen LogP contribution >= 0.6 is 0 Å². The third-order valence-electron chi connectivity index (χ3n) is 3.46. The van der Waals surface area contributed by atoms with Gasteiger partial charge >= 0.3 is 0 Å². The maximum absolute atomic E-state index is 12.1. The molecule has 1 aromatic rings. The van der Waals surface area contributed by atoms with E-state index < -0.39 is 10.2 Å². The Morgan fingerprint density at radius 2 is 1.84 bits per heavy atom. The lowest BCUT2D eigenvalue weighted by atomic mass is 10.1. The lowest BCUT2D eigenvalue weighted by molar-refractivity contribution is 0.451. The third kappa shape index (κ3) is 4.30. The zero-order valence-electron chi connectivity index (χ0n) is 11.4. The normalized spacial score (nSPS) is 18.6. The van der Waals surface area contributed by atoms with Gasteiger partial charge < -0.3 is 0 Å². The first kappa shape index (κ1) is 14.5. The molecule has 1 heterocycles. The van der Waals surface area contributed by atoms with Gasteiger partial charge in [-0.3, -0.25) is 0 Å². The van der Waals surface area contributed by atoms with Crippen molar-refractivity contribution in [2.24, 2.45) is 0 Å². The minimum atomic E-state index is -3.28. The molecule has 0 aromatic heterocycles. The fraction of sp³-hybridized carbons (Fsp3) is 0.571. The number of nitrogens with one attached hydrogen (secondary N) is 1. The van der Waals surface area contributed by atoms with Gasteiger partial charge in [-0.1, -0.05) is 30.3 Å². The molecule has 0 saturated carbocycles. The number of benzene rings is 1. The Morgan fingerprint density at radius 3 is 2.47 bits per heavy atom. The molecule has 1 unspecified atom stereocenters. The molecule has 0 aliphatic carbocycles. The summed E-state index contributed by atoms with van der Waals surface area (Å²) in [5, 5.41) is 0. The summed E-state index contributed by atoms with van der Waals surface area (Å²) in [6, 6.07) is 10.1. The van der Waals surface area contributed by atoms with Crippen LogP contribution in [0.3, 0.4) is 0 Å². The lowest BCUT2D eigenvalue weighted by Crippen LogP contribution is -2.43. The molecule has 1 aromatic carbocycles. The van der Waals surface area contributed by atoms with E-state index in [1.54, 1.807) is 4.31 Å². The number of rotatable bonds is 6. The van der Waals surface area contributed by atoms with Crippen LogP contribution in [0.15, 0.2) is 30.3 Å². The van der Waals surface area contributed by atoms with Crippen molar-refractivity contribution in [3.8, 4) is 0 Å². The Morgan fingerprint density at radius 1 is 1.21 bits per heavy atom. The Labute approximate surface area is 116 Å². The van der Waals surface area contributed by atoms with Gasteiger partial charge in [-0.15, -0.1) is 0 Å². The summed E-state index contributed by atoms with van der Waals surface area (Å²) in [7, 11) is -3.28. The second-order valence-corrected chi connectivity index (χ2v) is 6.86. The molecule has 1 aliphatic rings. The van der Waals surface area contributed by atoms with Gasteiger partial charge in [0.25, 0.3) is 10.2 Å². The Kier molecular flexibility index (Phi) is 4.96. The first-order chi connectivity index (χ1) is 9.08. The standard InChI is InChI=1S/C14H22N2O2S/c1-13(9-10-14-7-3-2-4-8-14)15-19(17,18)16-11-5-6-12-16/h2-4,7-8,13,15H,5-6,9-12H2,1H3. The van der Waals surface area contributed by atoms with Crippen molar-refractivity contribution < 1.29 is 8.42 Å². The topological polar surface area (TPSA) is 49.4 Å². The second-order valence-electron chi connectivity index (χ2n) is 5.15. The highest BCUT2D eigenvalue weighted by molar-refractivity contribution is 7.87. The van der Waals surface area contributed by atoms with Gasteiger partial charge in [-0.25, -0.2) is 0 Å². The number of aryl methyl sites for hydroxylation is 1. The number of nitrogens with zero attached hydrogens (tertiary/aromatic N) is 1. The van der Waals surface area contributed by atoms with Crippen molar-refractivity contribution in [1.82, 2.24) is 9.03 Å². The van der Waals surface area contributed by atoms with Gasteiger partial charge in [-0.2, -0.15) is 17.4 Å². The molecule has 2 rings (SSSR count). The molecule has 1 fully saturated rings. The molecular formula is C14H22N2O2S. The molecule has 5 heteroatoms. The maximum atomic E-state index is 12.1. The SMILES string of the molecule is CC(CCc1ccccc1)NS(=O)(=O)N1CCCC1. The largest absolute Gasteiger partial charge is 0.279 e. The molecule has 0 bridgehead atoms. The van der Waals surface area contributed by atoms with E-state index in [2.05, 4.69) is 16.9 Å². The summed E-state index contributed by atoms with van der Waals surface area (Å²) in [6.07, 6.45) is 3.65. The fourth-order valence-corrected chi connectivity index (χ4v) is 3.86. The fourth-order valence-electron chi connectivity index (χ4n) is 2.34. The molecule has 0 amide bonds. The van der Waals surface area contributed by atoms with Crippen LogP contribution < -0.4 is 4.72 Å². The summed E-state index contributed by atoms with van der Waals surface area (Å²) < 4.78 is 28.5. The minimum absolute atomic E-state index is 0.0363. The molecule has 1 atom stereocenters. The highest BCUT2D eigenvalue weighted by Crippen LogP contribution is 2.13. The minimum Gasteiger partial charge on any atom is -0.199 e. The van der Waals surface area contributed by atoms with Crippen LogP contribution in [-0.4, -0.2) is 31.9 Å². The quantitative estimate of drug-likeness (QED) is 0.867. The number of hydrogen-bond acceptors (Lipinski definition) is 2. The molecule has 0 spiro atoms. The van der Waals surface area contributed by atoms with Crippen molar-refractivity contribution in [2.45, 2.75) is 38.6 Å². The summed E-state index contributed by atoms with van der Waals surface area (Å²) in [5.74, 6) is 0.